The first-order valence-corrected chi connectivity index (χ1v) is 8.28. The van der Waals surface area contributed by atoms with Gasteiger partial charge < -0.3 is 10.6 Å². The largest absolute Gasteiger partial charge is 0.370 e. The summed E-state index contributed by atoms with van der Waals surface area (Å²) in [6, 6.07) is 2.01. The summed E-state index contributed by atoms with van der Waals surface area (Å²) in [5, 5.41) is 7.51. The average molecular weight is 280 g/mol. The number of thioether (sulfide) groups is 1. The SMILES string of the molecule is CCCNc1cc(NCC2CCCCS2)nc(C)n1. The molecule has 4 nitrogen and oxygen atoms in total. The van der Waals surface area contributed by atoms with E-state index in [-0.39, 0.29) is 0 Å². The monoisotopic (exact) mass is 280 g/mol. The maximum absolute atomic E-state index is 4.45. The number of nitrogens with one attached hydrogen (secondary N) is 2. The summed E-state index contributed by atoms with van der Waals surface area (Å²) in [6.07, 6.45) is 5.16. The van der Waals surface area contributed by atoms with Crippen molar-refractivity contribution < 1.29 is 0 Å². The van der Waals surface area contributed by atoms with Crippen LogP contribution in [0.3, 0.4) is 0 Å². The fourth-order valence-electron chi connectivity index (χ4n) is 2.19. The number of hydrogen-bond acceptors (Lipinski definition) is 5. The zero-order valence-corrected chi connectivity index (χ0v) is 12.7. The van der Waals surface area contributed by atoms with Crippen LogP contribution in [0.5, 0.6) is 0 Å². The maximum Gasteiger partial charge on any atom is 0.131 e. The zero-order valence-electron chi connectivity index (χ0n) is 11.9. The Labute approximate surface area is 120 Å². The third-order valence-corrected chi connectivity index (χ3v) is 4.58. The molecule has 0 aliphatic carbocycles. The molecule has 1 aromatic heterocycles. The highest BCUT2D eigenvalue weighted by atomic mass is 32.2. The van der Waals surface area contributed by atoms with Crippen molar-refractivity contribution >= 4 is 23.4 Å². The molecule has 1 aromatic rings. The van der Waals surface area contributed by atoms with E-state index in [0.29, 0.717) is 0 Å². The lowest BCUT2D eigenvalue weighted by Crippen LogP contribution is -2.20. The van der Waals surface area contributed by atoms with E-state index in [0.717, 1.165) is 42.2 Å². The summed E-state index contributed by atoms with van der Waals surface area (Å²) in [4.78, 5) is 8.85. The lowest BCUT2D eigenvalue weighted by atomic mass is 10.2. The Bertz CT molecular complexity index is 391. The van der Waals surface area contributed by atoms with Gasteiger partial charge in [-0.05, 0) is 31.9 Å². The Balaban J connectivity index is 1.89. The van der Waals surface area contributed by atoms with Crippen LogP contribution in [0.2, 0.25) is 0 Å². The molecular weight excluding hydrogens is 256 g/mol. The molecule has 1 unspecified atom stereocenters. The molecular formula is C14H24N4S. The molecule has 0 amide bonds. The molecule has 2 heterocycles. The molecule has 106 valence electrons. The topological polar surface area (TPSA) is 49.8 Å². The van der Waals surface area contributed by atoms with E-state index in [2.05, 4.69) is 39.3 Å². The lowest BCUT2D eigenvalue weighted by Gasteiger charge is -2.21. The van der Waals surface area contributed by atoms with Crippen LogP contribution in [0.1, 0.15) is 38.4 Å². The number of hydrogen-bond donors (Lipinski definition) is 2. The van der Waals surface area contributed by atoms with Crippen molar-refractivity contribution in [1.29, 1.82) is 0 Å². The van der Waals surface area contributed by atoms with Gasteiger partial charge in [0.2, 0.25) is 0 Å². The molecule has 0 saturated carbocycles. The van der Waals surface area contributed by atoms with Crippen LogP contribution in [-0.4, -0.2) is 34.1 Å². The molecule has 0 spiro atoms. The quantitative estimate of drug-likeness (QED) is 0.837. The Morgan fingerprint density at radius 2 is 2.05 bits per heavy atom. The Kier molecular flexibility index (Phi) is 5.76. The molecule has 0 radical (unpaired) electrons. The summed E-state index contributed by atoms with van der Waals surface area (Å²) in [5.74, 6) is 3.99. The first-order chi connectivity index (χ1) is 9.28. The minimum atomic E-state index is 0.732. The van der Waals surface area contributed by atoms with E-state index in [1.165, 1.54) is 25.0 Å². The molecule has 1 aliphatic rings. The van der Waals surface area contributed by atoms with Crippen molar-refractivity contribution in [3.05, 3.63) is 11.9 Å². The third-order valence-electron chi connectivity index (χ3n) is 3.18. The Morgan fingerprint density at radius 1 is 1.26 bits per heavy atom. The fourth-order valence-corrected chi connectivity index (χ4v) is 3.43. The van der Waals surface area contributed by atoms with E-state index in [1.807, 2.05) is 13.0 Å². The highest BCUT2D eigenvalue weighted by Gasteiger charge is 2.13. The molecule has 5 heteroatoms. The van der Waals surface area contributed by atoms with Crippen molar-refractivity contribution in [3.63, 3.8) is 0 Å². The highest BCUT2D eigenvalue weighted by Crippen LogP contribution is 2.25. The normalized spacial score (nSPS) is 19.2. The summed E-state index contributed by atoms with van der Waals surface area (Å²) >= 11 is 2.08. The second-order valence-electron chi connectivity index (χ2n) is 4.98. The van der Waals surface area contributed by atoms with Crippen molar-refractivity contribution in [2.24, 2.45) is 0 Å². The maximum atomic E-state index is 4.45. The van der Waals surface area contributed by atoms with Crippen LogP contribution in [0, 0.1) is 6.92 Å². The first-order valence-electron chi connectivity index (χ1n) is 7.23. The van der Waals surface area contributed by atoms with Gasteiger partial charge in [-0.1, -0.05) is 13.3 Å². The summed E-state index contributed by atoms with van der Waals surface area (Å²) in [6.45, 7) is 6.06. The molecule has 0 aromatic carbocycles. The Morgan fingerprint density at radius 3 is 2.74 bits per heavy atom. The summed E-state index contributed by atoms with van der Waals surface area (Å²) < 4.78 is 0. The molecule has 1 aliphatic heterocycles. The van der Waals surface area contributed by atoms with E-state index in [9.17, 15) is 0 Å². The minimum absolute atomic E-state index is 0.732. The molecule has 19 heavy (non-hydrogen) atoms. The van der Waals surface area contributed by atoms with Crippen molar-refractivity contribution in [3.8, 4) is 0 Å². The highest BCUT2D eigenvalue weighted by molar-refractivity contribution is 7.99. The molecule has 1 saturated heterocycles. The van der Waals surface area contributed by atoms with Crippen LogP contribution < -0.4 is 10.6 Å². The molecule has 0 bridgehead atoms. The number of aryl methyl sites for hydroxylation is 1. The van der Waals surface area contributed by atoms with Gasteiger partial charge in [-0.15, -0.1) is 0 Å². The average Bonchev–Trinajstić information content (AvgIpc) is 2.43. The van der Waals surface area contributed by atoms with E-state index < -0.39 is 0 Å². The second kappa shape index (κ2) is 7.58. The van der Waals surface area contributed by atoms with E-state index in [4.69, 9.17) is 0 Å². The number of aromatic nitrogens is 2. The molecule has 2 N–H and O–H groups in total. The van der Waals surface area contributed by atoms with Gasteiger partial charge in [-0.2, -0.15) is 11.8 Å². The molecule has 1 fully saturated rings. The van der Waals surface area contributed by atoms with E-state index >= 15 is 0 Å². The van der Waals surface area contributed by atoms with Gasteiger partial charge in [0, 0.05) is 24.4 Å². The van der Waals surface area contributed by atoms with E-state index in [1.54, 1.807) is 0 Å². The van der Waals surface area contributed by atoms with Gasteiger partial charge in [0.15, 0.2) is 0 Å². The van der Waals surface area contributed by atoms with Gasteiger partial charge >= 0.3 is 0 Å². The number of rotatable bonds is 6. The number of anilines is 2. The smallest absolute Gasteiger partial charge is 0.131 e. The molecule has 2 rings (SSSR count). The van der Waals surface area contributed by atoms with Gasteiger partial charge in [0.25, 0.3) is 0 Å². The second-order valence-corrected chi connectivity index (χ2v) is 6.39. The van der Waals surface area contributed by atoms with Gasteiger partial charge in [0.1, 0.15) is 17.5 Å². The first kappa shape index (κ1) is 14.4. The Hall–Kier alpha value is -0.970. The van der Waals surface area contributed by atoms with Crippen LogP contribution in [0.15, 0.2) is 6.07 Å². The van der Waals surface area contributed by atoms with Crippen molar-refractivity contribution in [2.45, 2.75) is 44.8 Å². The van der Waals surface area contributed by atoms with Crippen LogP contribution in [0.25, 0.3) is 0 Å². The minimum Gasteiger partial charge on any atom is -0.370 e. The van der Waals surface area contributed by atoms with Crippen LogP contribution >= 0.6 is 11.8 Å². The predicted molar refractivity (Wildman–Crippen MR) is 84.1 cm³/mol. The van der Waals surface area contributed by atoms with Gasteiger partial charge in [-0.3, -0.25) is 0 Å². The fraction of sp³-hybridized carbons (Fsp3) is 0.714. The lowest BCUT2D eigenvalue weighted by molar-refractivity contribution is 0.677. The van der Waals surface area contributed by atoms with Crippen LogP contribution in [0.4, 0.5) is 11.6 Å². The van der Waals surface area contributed by atoms with Gasteiger partial charge in [-0.25, -0.2) is 9.97 Å². The molecule has 1 atom stereocenters. The van der Waals surface area contributed by atoms with Crippen LogP contribution in [-0.2, 0) is 0 Å². The summed E-state index contributed by atoms with van der Waals surface area (Å²) in [5.41, 5.74) is 0. The predicted octanol–water partition coefficient (Wildman–Crippen LogP) is 3.30. The van der Waals surface area contributed by atoms with Crippen molar-refractivity contribution in [2.75, 3.05) is 29.5 Å². The summed E-state index contributed by atoms with van der Waals surface area (Å²) in [7, 11) is 0. The van der Waals surface area contributed by atoms with Crippen molar-refractivity contribution in [1.82, 2.24) is 9.97 Å². The third kappa shape index (κ3) is 4.90. The number of nitrogens with zero attached hydrogens (tertiary/aromatic N) is 2. The van der Waals surface area contributed by atoms with Gasteiger partial charge in [0.05, 0.1) is 0 Å². The standard InChI is InChI=1S/C14H24N4S/c1-3-7-15-13-9-14(18-11(2)17-13)16-10-12-6-4-5-8-19-12/h9,12H,3-8,10H2,1-2H3,(H2,15,16,17,18). The zero-order chi connectivity index (χ0) is 13.5.